The van der Waals surface area contributed by atoms with Crippen molar-refractivity contribution >= 4 is 35.0 Å². The number of rotatable bonds is 6. The van der Waals surface area contributed by atoms with E-state index in [0.29, 0.717) is 31.3 Å². The van der Waals surface area contributed by atoms with Gasteiger partial charge in [0, 0.05) is 22.3 Å². The lowest BCUT2D eigenvalue weighted by Gasteiger charge is -2.24. The Labute approximate surface area is 251 Å². The number of ether oxygens (including phenoxy) is 1. The zero-order valence-electron chi connectivity index (χ0n) is 23.2. The predicted octanol–water partition coefficient (Wildman–Crippen LogP) is 5.61. The highest BCUT2D eigenvalue weighted by Gasteiger charge is 2.33. The maximum Gasteiger partial charge on any atom is 0.338 e. The van der Waals surface area contributed by atoms with Gasteiger partial charge in [-0.05, 0) is 56.7 Å². The molecule has 0 saturated carbocycles. The molecular formula is C33H27ClN4O3S. The summed E-state index contributed by atoms with van der Waals surface area (Å²) in [5, 5.41) is 5.50. The molecule has 6 rings (SSSR count). The average Bonchev–Trinajstić information content (AvgIpc) is 3.54. The standard InChI is InChI=1S/C33H27ClN4O3S/c1-4-41-32(40)28-21(3)35-33-38(30(28)23-12-10-20(2)11-13-23)31(39)27(42-33)18-24-19-37(26-8-6-5-7-9-26)36-29(24)22-14-16-25(34)17-15-22/h5-19,30H,4H2,1-3H3/b27-18-/t30-/m0/s1. The Morgan fingerprint density at radius 1 is 1.02 bits per heavy atom. The SMILES string of the molecule is CCOC(=O)C1=C(C)N=c2s/c(=C\c3cn(-c4ccccc4)nc3-c3ccc(Cl)cc3)c(=O)n2[C@H]1c1ccc(C)cc1. The third-order valence-corrected chi connectivity index (χ3v) is 8.31. The van der Waals surface area contributed by atoms with Gasteiger partial charge in [0.05, 0.1) is 34.1 Å². The maximum absolute atomic E-state index is 14.1. The number of carbonyl (C=O) groups is 1. The molecule has 1 atom stereocenters. The molecular weight excluding hydrogens is 568 g/mol. The van der Waals surface area contributed by atoms with Gasteiger partial charge in [-0.2, -0.15) is 5.10 Å². The summed E-state index contributed by atoms with van der Waals surface area (Å²) in [5.74, 6) is -0.479. The van der Waals surface area contributed by atoms with E-state index in [4.69, 9.17) is 26.4 Å². The summed E-state index contributed by atoms with van der Waals surface area (Å²) in [6.45, 7) is 5.76. The Balaban J connectivity index is 1.56. The quantitative estimate of drug-likeness (QED) is 0.239. The van der Waals surface area contributed by atoms with Crippen molar-refractivity contribution in [2.24, 2.45) is 4.99 Å². The van der Waals surface area contributed by atoms with Crippen LogP contribution in [0.2, 0.25) is 5.02 Å². The van der Waals surface area contributed by atoms with Crippen LogP contribution in [0.1, 0.15) is 36.6 Å². The van der Waals surface area contributed by atoms with E-state index < -0.39 is 12.0 Å². The fraction of sp³-hybridized carbons (Fsp3) is 0.152. The lowest BCUT2D eigenvalue weighted by molar-refractivity contribution is -0.139. The number of allylic oxidation sites excluding steroid dienone is 1. The molecule has 2 aromatic heterocycles. The summed E-state index contributed by atoms with van der Waals surface area (Å²) in [4.78, 5) is 32.5. The molecule has 0 fully saturated rings. The number of carbonyl (C=O) groups excluding carboxylic acids is 1. The van der Waals surface area contributed by atoms with E-state index >= 15 is 0 Å². The first-order valence-corrected chi connectivity index (χ1v) is 14.7. The van der Waals surface area contributed by atoms with Crippen molar-refractivity contribution in [3.05, 3.63) is 138 Å². The number of hydrogen-bond donors (Lipinski definition) is 0. The molecule has 1 aliphatic heterocycles. The monoisotopic (exact) mass is 594 g/mol. The van der Waals surface area contributed by atoms with E-state index in [9.17, 15) is 9.59 Å². The predicted molar refractivity (Wildman–Crippen MR) is 166 cm³/mol. The molecule has 0 amide bonds. The molecule has 0 aliphatic carbocycles. The first-order valence-electron chi connectivity index (χ1n) is 13.5. The molecule has 1 aliphatic rings. The normalized spacial score (nSPS) is 15.0. The highest BCUT2D eigenvalue weighted by atomic mass is 35.5. The lowest BCUT2D eigenvalue weighted by atomic mass is 9.95. The summed E-state index contributed by atoms with van der Waals surface area (Å²) in [6.07, 6.45) is 3.75. The van der Waals surface area contributed by atoms with E-state index in [-0.39, 0.29) is 12.2 Å². The van der Waals surface area contributed by atoms with Gasteiger partial charge in [-0.15, -0.1) is 0 Å². The van der Waals surface area contributed by atoms with E-state index in [1.165, 1.54) is 11.3 Å². The van der Waals surface area contributed by atoms with Gasteiger partial charge in [0.25, 0.3) is 5.56 Å². The second-order valence-corrected chi connectivity index (χ2v) is 11.4. The van der Waals surface area contributed by atoms with Crippen LogP contribution in [0.4, 0.5) is 0 Å². The van der Waals surface area contributed by atoms with Gasteiger partial charge in [-0.25, -0.2) is 14.5 Å². The minimum Gasteiger partial charge on any atom is -0.463 e. The van der Waals surface area contributed by atoms with Crippen LogP contribution in [0.5, 0.6) is 0 Å². The number of aryl methyl sites for hydroxylation is 1. The number of esters is 1. The Hall–Kier alpha value is -4.53. The number of benzene rings is 3. The molecule has 0 radical (unpaired) electrons. The van der Waals surface area contributed by atoms with Gasteiger partial charge in [0.15, 0.2) is 4.80 Å². The number of fused-ring (bicyclic) bond motifs is 1. The molecule has 5 aromatic rings. The Bertz CT molecular complexity index is 2000. The molecule has 0 bridgehead atoms. The van der Waals surface area contributed by atoms with E-state index in [0.717, 1.165) is 27.9 Å². The first kappa shape index (κ1) is 27.6. The van der Waals surface area contributed by atoms with Crippen LogP contribution in [0, 0.1) is 6.92 Å². The number of aromatic nitrogens is 3. The number of hydrogen-bond acceptors (Lipinski definition) is 6. The van der Waals surface area contributed by atoms with Crippen LogP contribution in [0.25, 0.3) is 23.0 Å². The molecule has 0 unspecified atom stereocenters. The Morgan fingerprint density at radius 3 is 2.43 bits per heavy atom. The molecule has 42 heavy (non-hydrogen) atoms. The second-order valence-electron chi connectivity index (χ2n) is 9.93. The van der Waals surface area contributed by atoms with Crippen molar-refractivity contribution in [2.45, 2.75) is 26.8 Å². The van der Waals surface area contributed by atoms with E-state index in [1.807, 2.05) is 98.1 Å². The van der Waals surface area contributed by atoms with Gasteiger partial charge < -0.3 is 4.74 Å². The molecule has 7 nitrogen and oxygen atoms in total. The van der Waals surface area contributed by atoms with Crippen molar-refractivity contribution in [3.63, 3.8) is 0 Å². The van der Waals surface area contributed by atoms with Gasteiger partial charge in [-0.1, -0.05) is 83.1 Å². The van der Waals surface area contributed by atoms with Crippen LogP contribution in [0.15, 0.2) is 106 Å². The first-order chi connectivity index (χ1) is 20.3. The summed E-state index contributed by atoms with van der Waals surface area (Å²) in [6, 6.07) is 24.4. The van der Waals surface area contributed by atoms with Crippen molar-refractivity contribution in [1.82, 2.24) is 14.3 Å². The topological polar surface area (TPSA) is 78.5 Å². The van der Waals surface area contributed by atoms with Crippen molar-refractivity contribution in [3.8, 4) is 16.9 Å². The van der Waals surface area contributed by atoms with Gasteiger partial charge in [0.2, 0.25) is 0 Å². The Morgan fingerprint density at radius 2 is 1.74 bits per heavy atom. The molecule has 0 N–H and O–H groups in total. The number of nitrogens with zero attached hydrogens (tertiary/aromatic N) is 4. The largest absolute Gasteiger partial charge is 0.463 e. The number of para-hydroxylation sites is 1. The molecule has 0 spiro atoms. The summed E-state index contributed by atoms with van der Waals surface area (Å²) >= 11 is 7.45. The second kappa shape index (κ2) is 11.4. The minimum absolute atomic E-state index is 0.222. The lowest BCUT2D eigenvalue weighted by Crippen LogP contribution is -2.39. The number of halogens is 1. The summed E-state index contributed by atoms with van der Waals surface area (Å²) in [7, 11) is 0. The average molecular weight is 595 g/mol. The zero-order chi connectivity index (χ0) is 29.4. The number of thiazole rings is 1. The Kier molecular flexibility index (Phi) is 7.49. The summed E-state index contributed by atoms with van der Waals surface area (Å²) in [5.41, 5.74) is 5.77. The highest BCUT2D eigenvalue weighted by Crippen LogP contribution is 2.31. The van der Waals surface area contributed by atoms with Gasteiger partial charge in [0.1, 0.15) is 5.69 Å². The van der Waals surface area contributed by atoms with Gasteiger partial charge >= 0.3 is 5.97 Å². The van der Waals surface area contributed by atoms with Crippen LogP contribution < -0.4 is 14.9 Å². The van der Waals surface area contributed by atoms with E-state index in [2.05, 4.69) is 0 Å². The molecule has 3 heterocycles. The molecule has 9 heteroatoms. The smallest absolute Gasteiger partial charge is 0.338 e. The molecule has 210 valence electrons. The van der Waals surface area contributed by atoms with Crippen molar-refractivity contribution in [2.75, 3.05) is 6.61 Å². The summed E-state index contributed by atoms with van der Waals surface area (Å²) < 4.78 is 9.28. The zero-order valence-corrected chi connectivity index (χ0v) is 24.8. The molecule has 0 saturated heterocycles. The highest BCUT2D eigenvalue weighted by molar-refractivity contribution is 7.07. The van der Waals surface area contributed by atoms with Crippen LogP contribution in [-0.4, -0.2) is 26.9 Å². The van der Waals surface area contributed by atoms with Crippen LogP contribution in [0.3, 0.4) is 0 Å². The maximum atomic E-state index is 14.1. The van der Waals surface area contributed by atoms with Gasteiger partial charge in [-0.3, -0.25) is 9.36 Å². The van der Waals surface area contributed by atoms with Crippen LogP contribution >= 0.6 is 22.9 Å². The van der Waals surface area contributed by atoms with Crippen molar-refractivity contribution in [1.29, 1.82) is 0 Å². The fourth-order valence-corrected chi connectivity index (χ4v) is 6.20. The van der Waals surface area contributed by atoms with E-state index in [1.54, 1.807) is 23.1 Å². The minimum atomic E-state index is -0.661. The third-order valence-electron chi connectivity index (χ3n) is 7.08. The fourth-order valence-electron chi connectivity index (χ4n) is 5.03. The molecule has 3 aromatic carbocycles. The van der Waals surface area contributed by atoms with Crippen LogP contribution in [-0.2, 0) is 9.53 Å². The third kappa shape index (κ3) is 5.15. The van der Waals surface area contributed by atoms with Crippen molar-refractivity contribution < 1.29 is 9.53 Å².